The van der Waals surface area contributed by atoms with E-state index in [4.69, 9.17) is 14.2 Å². The molecule has 5 nitrogen and oxygen atoms in total. The van der Waals surface area contributed by atoms with Crippen LogP contribution in [0.3, 0.4) is 0 Å². The highest BCUT2D eigenvalue weighted by Gasteiger charge is 2.17. The first-order chi connectivity index (χ1) is 9.85. The van der Waals surface area contributed by atoms with Crippen molar-refractivity contribution >= 4 is 32.2 Å². The Balaban J connectivity index is 1.71. The van der Waals surface area contributed by atoms with Crippen LogP contribution in [0.2, 0.25) is 0 Å². The molecule has 20 heavy (non-hydrogen) atoms. The van der Waals surface area contributed by atoms with Crippen LogP contribution >= 0.6 is 27.3 Å². The molecule has 1 aliphatic rings. The standard InChI is InChI=1S/C13H9BrN2O3S/c14-6-9-12(15-13-16(9)3-4-20-13)19-8-1-2-10-11(5-8)18-7-17-10/h1-5H,6-7H2. The molecule has 0 spiro atoms. The minimum absolute atomic E-state index is 0.256. The van der Waals surface area contributed by atoms with Crippen LogP contribution in [0.25, 0.3) is 4.96 Å². The molecule has 0 N–H and O–H groups in total. The first-order valence-electron chi connectivity index (χ1n) is 5.93. The number of benzene rings is 1. The van der Waals surface area contributed by atoms with E-state index in [1.54, 1.807) is 11.3 Å². The maximum absolute atomic E-state index is 5.88. The monoisotopic (exact) mass is 352 g/mol. The van der Waals surface area contributed by atoms with Gasteiger partial charge in [0.05, 0.1) is 5.69 Å². The minimum atomic E-state index is 0.256. The topological polar surface area (TPSA) is 45.0 Å². The Kier molecular flexibility index (Phi) is 2.82. The summed E-state index contributed by atoms with van der Waals surface area (Å²) in [6.45, 7) is 0.256. The van der Waals surface area contributed by atoms with Gasteiger partial charge in [0.1, 0.15) is 5.75 Å². The zero-order chi connectivity index (χ0) is 13.5. The third-order valence-electron chi connectivity index (χ3n) is 3.01. The molecule has 3 aromatic rings. The van der Waals surface area contributed by atoms with Crippen LogP contribution in [0.5, 0.6) is 23.1 Å². The second kappa shape index (κ2) is 4.68. The molecule has 0 bridgehead atoms. The summed E-state index contributed by atoms with van der Waals surface area (Å²) < 4.78 is 18.5. The molecular weight excluding hydrogens is 344 g/mol. The van der Waals surface area contributed by atoms with Crippen molar-refractivity contribution in [2.24, 2.45) is 0 Å². The van der Waals surface area contributed by atoms with Gasteiger partial charge in [0.2, 0.25) is 12.7 Å². The molecular formula is C13H9BrN2O3S. The number of nitrogens with zero attached hydrogens (tertiary/aromatic N) is 2. The predicted octanol–water partition coefficient (Wildman–Crippen LogP) is 3.81. The molecule has 0 saturated heterocycles. The van der Waals surface area contributed by atoms with Gasteiger partial charge in [-0.1, -0.05) is 15.9 Å². The van der Waals surface area contributed by atoms with Crippen LogP contribution in [0.1, 0.15) is 5.69 Å². The molecule has 0 radical (unpaired) electrons. The molecule has 0 aliphatic carbocycles. The summed E-state index contributed by atoms with van der Waals surface area (Å²) in [5.41, 5.74) is 0.985. The van der Waals surface area contributed by atoms with Crippen LogP contribution in [-0.2, 0) is 5.33 Å². The lowest BCUT2D eigenvalue weighted by Crippen LogP contribution is -1.93. The maximum atomic E-state index is 5.88. The van der Waals surface area contributed by atoms with E-state index in [0.29, 0.717) is 22.7 Å². The van der Waals surface area contributed by atoms with Gasteiger partial charge in [0.15, 0.2) is 16.5 Å². The summed E-state index contributed by atoms with van der Waals surface area (Å²) in [5.74, 6) is 2.72. The van der Waals surface area contributed by atoms with Gasteiger partial charge < -0.3 is 14.2 Å². The van der Waals surface area contributed by atoms with E-state index >= 15 is 0 Å². The Bertz CT molecular complexity index is 783. The van der Waals surface area contributed by atoms with Crippen LogP contribution in [0.15, 0.2) is 29.8 Å². The van der Waals surface area contributed by atoms with E-state index in [1.165, 1.54) is 0 Å². The van der Waals surface area contributed by atoms with Crippen molar-refractivity contribution in [3.8, 4) is 23.1 Å². The highest BCUT2D eigenvalue weighted by Crippen LogP contribution is 2.37. The average Bonchev–Trinajstić information content (AvgIpc) is 3.12. The lowest BCUT2D eigenvalue weighted by Gasteiger charge is -2.05. The molecule has 1 aromatic carbocycles. The van der Waals surface area contributed by atoms with E-state index < -0.39 is 0 Å². The quantitative estimate of drug-likeness (QED) is 0.672. The normalized spacial score (nSPS) is 13.1. The molecule has 4 rings (SSSR count). The SMILES string of the molecule is BrCc1c(Oc2ccc3c(c2)OCO3)nc2sccn12. The third kappa shape index (κ3) is 1.85. The zero-order valence-electron chi connectivity index (χ0n) is 10.2. The summed E-state index contributed by atoms with van der Waals surface area (Å²) in [7, 11) is 0. The van der Waals surface area contributed by atoms with E-state index in [1.807, 2.05) is 34.2 Å². The second-order valence-corrected chi connectivity index (χ2v) is 5.60. The van der Waals surface area contributed by atoms with Crippen molar-refractivity contribution in [2.45, 2.75) is 5.33 Å². The number of aromatic nitrogens is 2. The number of imidazole rings is 1. The Morgan fingerprint density at radius 2 is 2.25 bits per heavy atom. The van der Waals surface area contributed by atoms with Gasteiger partial charge in [-0.05, 0) is 12.1 Å². The van der Waals surface area contributed by atoms with Crippen LogP contribution < -0.4 is 14.2 Å². The fourth-order valence-electron chi connectivity index (χ4n) is 2.07. The zero-order valence-corrected chi connectivity index (χ0v) is 12.6. The summed E-state index contributed by atoms with van der Waals surface area (Å²) >= 11 is 5.05. The van der Waals surface area contributed by atoms with E-state index in [-0.39, 0.29) is 6.79 Å². The molecule has 7 heteroatoms. The summed E-state index contributed by atoms with van der Waals surface area (Å²) in [5, 5.41) is 2.67. The number of ether oxygens (including phenoxy) is 3. The largest absolute Gasteiger partial charge is 0.454 e. The highest BCUT2D eigenvalue weighted by molar-refractivity contribution is 9.08. The summed E-state index contributed by atoms with van der Waals surface area (Å²) in [6, 6.07) is 5.50. The minimum Gasteiger partial charge on any atom is -0.454 e. The van der Waals surface area contributed by atoms with E-state index in [9.17, 15) is 0 Å². The number of rotatable bonds is 3. The molecule has 3 heterocycles. The van der Waals surface area contributed by atoms with Gasteiger partial charge in [0.25, 0.3) is 0 Å². The van der Waals surface area contributed by atoms with Crippen molar-refractivity contribution in [3.05, 3.63) is 35.5 Å². The van der Waals surface area contributed by atoms with Crippen molar-refractivity contribution in [2.75, 3.05) is 6.79 Å². The number of hydrogen-bond donors (Lipinski definition) is 0. The van der Waals surface area contributed by atoms with E-state index in [0.717, 1.165) is 16.4 Å². The van der Waals surface area contributed by atoms with Crippen molar-refractivity contribution in [1.82, 2.24) is 9.38 Å². The Hall–Kier alpha value is -1.73. The lowest BCUT2D eigenvalue weighted by atomic mass is 10.3. The smallest absolute Gasteiger partial charge is 0.243 e. The van der Waals surface area contributed by atoms with Crippen molar-refractivity contribution in [1.29, 1.82) is 0 Å². The second-order valence-electron chi connectivity index (χ2n) is 4.17. The molecule has 0 atom stereocenters. The van der Waals surface area contributed by atoms with Crippen molar-refractivity contribution < 1.29 is 14.2 Å². The first kappa shape index (κ1) is 12.0. The number of hydrogen-bond acceptors (Lipinski definition) is 5. The Labute approximate surface area is 126 Å². The van der Waals surface area contributed by atoms with Gasteiger partial charge in [-0.25, -0.2) is 0 Å². The molecule has 0 fully saturated rings. The number of halogens is 1. The van der Waals surface area contributed by atoms with Gasteiger partial charge in [0, 0.05) is 23.0 Å². The summed E-state index contributed by atoms with van der Waals surface area (Å²) in [4.78, 5) is 5.40. The summed E-state index contributed by atoms with van der Waals surface area (Å²) in [6.07, 6.45) is 1.98. The predicted molar refractivity (Wildman–Crippen MR) is 78.3 cm³/mol. The fraction of sp³-hybridized carbons (Fsp3) is 0.154. The first-order valence-corrected chi connectivity index (χ1v) is 7.93. The van der Waals surface area contributed by atoms with Crippen LogP contribution in [0, 0.1) is 0 Å². The van der Waals surface area contributed by atoms with Gasteiger partial charge in [-0.15, -0.1) is 11.3 Å². The van der Waals surface area contributed by atoms with Gasteiger partial charge in [-0.3, -0.25) is 4.40 Å². The van der Waals surface area contributed by atoms with Crippen molar-refractivity contribution in [3.63, 3.8) is 0 Å². The average molecular weight is 353 g/mol. The van der Waals surface area contributed by atoms with Gasteiger partial charge >= 0.3 is 0 Å². The Morgan fingerprint density at radius 1 is 1.35 bits per heavy atom. The fourth-order valence-corrected chi connectivity index (χ4v) is 3.30. The van der Waals surface area contributed by atoms with Crippen LogP contribution in [-0.4, -0.2) is 16.2 Å². The number of alkyl halides is 1. The molecule has 0 amide bonds. The molecule has 0 unspecified atom stereocenters. The van der Waals surface area contributed by atoms with Gasteiger partial charge in [-0.2, -0.15) is 4.98 Å². The molecule has 0 saturated carbocycles. The van der Waals surface area contributed by atoms with Crippen LogP contribution in [0.4, 0.5) is 0 Å². The maximum Gasteiger partial charge on any atom is 0.243 e. The third-order valence-corrected chi connectivity index (χ3v) is 4.30. The highest BCUT2D eigenvalue weighted by atomic mass is 79.9. The molecule has 102 valence electrons. The number of fused-ring (bicyclic) bond motifs is 2. The molecule has 2 aromatic heterocycles. The molecule has 1 aliphatic heterocycles. The van der Waals surface area contributed by atoms with E-state index in [2.05, 4.69) is 20.9 Å². The lowest BCUT2D eigenvalue weighted by molar-refractivity contribution is 0.174. The Morgan fingerprint density at radius 3 is 3.15 bits per heavy atom. The number of thiazole rings is 1.